The number of unbranched alkanes of at least 4 members (excludes halogenated alkanes) is 3. The number of anilines is 1. The molecule has 0 aliphatic rings. The maximum Gasteiger partial charge on any atom is 0.251 e. The summed E-state index contributed by atoms with van der Waals surface area (Å²) in [5, 5.41) is 2.81. The van der Waals surface area contributed by atoms with Crippen LogP contribution in [0.1, 0.15) is 36.0 Å². The molecule has 0 saturated heterocycles. The maximum atomic E-state index is 13.0. The van der Waals surface area contributed by atoms with Gasteiger partial charge in [-0.3, -0.25) is 4.79 Å². The van der Waals surface area contributed by atoms with Crippen molar-refractivity contribution in [2.24, 2.45) is 0 Å². The predicted molar refractivity (Wildman–Crippen MR) is 80.0 cm³/mol. The number of carbonyl (C=O) groups is 1. The van der Waals surface area contributed by atoms with Gasteiger partial charge >= 0.3 is 0 Å². The van der Waals surface area contributed by atoms with Gasteiger partial charge in [-0.1, -0.05) is 12.8 Å². The minimum absolute atomic E-state index is 0.00437. The number of benzene rings is 1. The van der Waals surface area contributed by atoms with Gasteiger partial charge in [0, 0.05) is 12.1 Å². The Morgan fingerprint density at radius 2 is 2.05 bits per heavy atom. The molecule has 0 aliphatic heterocycles. The molecule has 1 aromatic rings. The monoisotopic (exact) mass is 284 g/mol. The predicted octanol–water partition coefficient (Wildman–Crippen LogP) is 3.06. The third-order valence-electron chi connectivity index (χ3n) is 2.82. The Morgan fingerprint density at radius 1 is 1.32 bits per heavy atom. The number of hydrogen-bond donors (Lipinski definition) is 2. The highest BCUT2D eigenvalue weighted by Gasteiger charge is 2.07. The number of thioether (sulfide) groups is 1. The van der Waals surface area contributed by atoms with Gasteiger partial charge in [0.1, 0.15) is 5.82 Å². The first-order valence-electron chi connectivity index (χ1n) is 6.47. The number of carbonyl (C=O) groups excluding carboxylic acids is 1. The Hall–Kier alpha value is -1.23. The van der Waals surface area contributed by atoms with Crippen molar-refractivity contribution < 1.29 is 9.18 Å². The zero-order chi connectivity index (χ0) is 14.1. The Balaban J connectivity index is 2.22. The lowest BCUT2D eigenvalue weighted by molar-refractivity contribution is 0.0953. The summed E-state index contributed by atoms with van der Waals surface area (Å²) in [6, 6.07) is 4.02. The number of rotatable bonds is 8. The molecule has 1 amide bonds. The standard InChI is InChI=1S/C14H21FN2OS/c1-19-9-5-3-2-4-8-17-14(18)11-6-7-12(15)13(16)10-11/h6-7,10H,2-5,8-9,16H2,1H3,(H,17,18). The zero-order valence-electron chi connectivity index (χ0n) is 11.2. The zero-order valence-corrected chi connectivity index (χ0v) is 12.1. The second-order valence-corrected chi connectivity index (χ2v) is 5.38. The van der Waals surface area contributed by atoms with Crippen molar-refractivity contribution in [3.05, 3.63) is 29.6 Å². The average Bonchev–Trinajstić information content (AvgIpc) is 2.40. The van der Waals surface area contributed by atoms with E-state index < -0.39 is 5.82 Å². The number of amides is 1. The molecule has 0 saturated carbocycles. The largest absolute Gasteiger partial charge is 0.396 e. The van der Waals surface area contributed by atoms with Crippen LogP contribution in [-0.4, -0.2) is 24.5 Å². The summed E-state index contributed by atoms with van der Waals surface area (Å²) in [7, 11) is 0. The first-order valence-corrected chi connectivity index (χ1v) is 7.86. The number of nitrogens with one attached hydrogen (secondary N) is 1. The molecule has 0 bridgehead atoms. The Labute approximate surface area is 118 Å². The van der Waals surface area contributed by atoms with Crippen molar-refractivity contribution in [2.45, 2.75) is 25.7 Å². The molecule has 1 rings (SSSR count). The Morgan fingerprint density at radius 3 is 2.74 bits per heavy atom. The van der Waals surface area contributed by atoms with Gasteiger partial charge in [0.2, 0.25) is 0 Å². The van der Waals surface area contributed by atoms with Crippen molar-refractivity contribution in [1.29, 1.82) is 0 Å². The summed E-state index contributed by atoms with van der Waals surface area (Å²) in [5.41, 5.74) is 5.83. The van der Waals surface area contributed by atoms with E-state index >= 15 is 0 Å². The van der Waals surface area contributed by atoms with Crippen LogP contribution < -0.4 is 11.1 Å². The van der Waals surface area contributed by atoms with Crippen LogP contribution in [0.15, 0.2) is 18.2 Å². The maximum absolute atomic E-state index is 13.0. The molecule has 3 nitrogen and oxygen atoms in total. The highest BCUT2D eigenvalue weighted by Crippen LogP contribution is 2.12. The SMILES string of the molecule is CSCCCCCCNC(=O)c1ccc(F)c(N)c1. The van der Waals surface area contributed by atoms with Crippen LogP contribution in [0.2, 0.25) is 0 Å². The van der Waals surface area contributed by atoms with Crippen molar-refractivity contribution in [2.75, 3.05) is 24.3 Å². The summed E-state index contributed by atoms with van der Waals surface area (Å²) >= 11 is 1.86. The fourth-order valence-corrected chi connectivity index (χ4v) is 2.21. The number of hydrogen-bond acceptors (Lipinski definition) is 3. The summed E-state index contributed by atoms with van der Waals surface area (Å²) < 4.78 is 13.0. The highest BCUT2D eigenvalue weighted by molar-refractivity contribution is 7.98. The molecule has 0 heterocycles. The van der Waals surface area contributed by atoms with E-state index in [9.17, 15) is 9.18 Å². The number of nitrogens with two attached hydrogens (primary N) is 1. The minimum atomic E-state index is -0.495. The third-order valence-corrected chi connectivity index (χ3v) is 3.52. The van der Waals surface area contributed by atoms with Crippen LogP contribution in [0.25, 0.3) is 0 Å². The van der Waals surface area contributed by atoms with Crippen LogP contribution in [0.4, 0.5) is 10.1 Å². The summed E-state index contributed by atoms with van der Waals surface area (Å²) in [6.07, 6.45) is 6.61. The van der Waals surface area contributed by atoms with Gasteiger partial charge in [-0.15, -0.1) is 0 Å². The third kappa shape index (κ3) is 5.96. The smallest absolute Gasteiger partial charge is 0.251 e. The van der Waals surface area contributed by atoms with Crippen molar-refractivity contribution in [1.82, 2.24) is 5.32 Å². The van der Waals surface area contributed by atoms with E-state index in [1.54, 1.807) is 0 Å². The van der Waals surface area contributed by atoms with Gasteiger partial charge in [-0.2, -0.15) is 11.8 Å². The summed E-state index contributed by atoms with van der Waals surface area (Å²) in [5.74, 6) is 0.502. The van der Waals surface area contributed by atoms with Gasteiger partial charge < -0.3 is 11.1 Å². The van der Waals surface area contributed by atoms with Crippen LogP contribution >= 0.6 is 11.8 Å². The molecule has 0 unspecified atom stereocenters. The van der Waals surface area contributed by atoms with E-state index in [4.69, 9.17) is 5.73 Å². The van der Waals surface area contributed by atoms with Crippen LogP contribution in [-0.2, 0) is 0 Å². The fraction of sp³-hybridized carbons (Fsp3) is 0.500. The molecule has 3 N–H and O–H groups in total. The molecule has 106 valence electrons. The molecular formula is C14H21FN2OS. The van der Waals surface area contributed by atoms with E-state index in [-0.39, 0.29) is 11.6 Å². The van der Waals surface area contributed by atoms with E-state index in [1.165, 1.54) is 36.8 Å². The fourth-order valence-electron chi connectivity index (χ4n) is 1.71. The van der Waals surface area contributed by atoms with E-state index in [2.05, 4.69) is 11.6 Å². The van der Waals surface area contributed by atoms with Crippen LogP contribution in [0.3, 0.4) is 0 Å². The molecule has 0 fully saturated rings. The lowest BCUT2D eigenvalue weighted by atomic mass is 10.1. The number of halogens is 1. The van der Waals surface area contributed by atoms with Gasteiger partial charge in [-0.25, -0.2) is 4.39 Å². The van der Waals surface area contributed by atoms with E-state index in [0.29, 0.717) is 12.1 Å². The number of nitrogen functional groups attached to an aromatic ring is 1. The quantitative estimate of drug-likeness (QED) is 0.570. The summed E-state index contributed by atoms with van der Waals surface area (Å²) in [6.45, 7) is 0.648. The molecule has 19 heavy (non-hydrogen) atoms. The molecule has 0 atom stereocenters. The highest BCUT2D eigenvalue weighted by atomic mass is 32.2. The van der Waals surface area contributed by atoms with E-state index in [1.807, 2.05) is 11.8 Å². The van der Waals surface area contributed by atoms with Crippen molar-refractivity contribution in [3.63, 3.8) is 0 Å². The molecule has 0 aliphatic carbocycles. The van der Waals surface area contributed by atoms with Crippen molar-refractivity contribution >= 4 is 23.4 Å². The minimum Gasteiger partial charge on any atom is -0.396 e. The van der Waals surface area contributed by atoms with Crippen molar-refractivity contribution in [3.8, 4) is 0 Å². The average molecular weight is 284 g/mol. The molecule has 0 radical (unpaired) electrons. The molecular weight excluding hydrogens is 263 g/mol. The van der Waals surface area contributed by atoms with Gasteiger partial charge in [0.05, 0.1) is 5.69 Å². The first kappa shape index (κ1) is 15.8. The Kier molecular flexibility index (Phi) is 7.33. The second kappa shape index (κ2) is 8.80. The topological polar surface area (TPSA) is 55.1 Å². The van der Waals surface area contributed by atoms with Gasteiger partial charge in [0.25, 0.3) is 5.91 Å². The molecule has 0 aromatic heterocycles. The first-order chi connectivity index (χ1) is 9.15. The van der Waals surface area contributed by atoms with Gasteiger partial charge in [-0.05, 0) is 43.0 Å². The Bertz CT molecular complexity index is 412. The molecule has 1 aromatic carbocycles. The normalized spacial score (nSPS) is 10.4. The van der Waals surface area contributed by atoms with Crippen LogP contribution in [0.5, 0.6) is 0 Å². The lowest BCUT2D eigenvalue weighted by Crippen LogP contribution is -2.24. The molecule has 0 spiro atoms. The van der Waals surface area contributed by atoms with E-state index in [0.717, 1.165) is 12.8 Å². The molecule has 5 heteroatoms. The lowest BCUT2D eigenvalue weighted by Gasteiger charge is -2.06. The summed E-state index contributed by atoms with van der Waals surface area (Å²) in [4.78, 5) is 11.8. The van der Waals surface area contributed by atoms with Crippen LogP contribution in [0, 0.1) is 5.82 Å². The van der Waals surface area contributed by atoms with Gasteiger partial charge in [0.15, 0.2) is 0 Å². The second-order valence-electron chi connectivity index (χ2n) is 4.40.